The summed E-state index contributed by atoms with van der Waals surface area (Å²) in [6, 6.07) is 18.1. The number of pyridine rings is 1. The van der Waals surface area contributed by atoms with Gasteiger partial charge in [0.1, 0.15) is 6.61 Å². The average molecular weight is 560 g/mol. The molecule has 0 unspecified atom stereocenters. The lowest BCUT2D eigenvalue weighted by Gasteiger charge is -2.34. The van der Waals surface area contributed by atoms with Crippen molar-refractivity contribution in [2.45, 2.75) is 43.9 Å². The number of hydrogen-bond acceptors (Lipinski definition) is 6. The molecule has 2 aromatic carbocycles. The second-order valence-electron chi connectivity index (χ2n) is 9.52. The number of halogens is 1. The van der Waals surface area contributed by atoms with Gasteiger partial charge in [0.2, 0.25) is 10.0 Å². The fraction of sp³-hybridized carbons (Fsp3) is 0.357. The zero-order chi connectivity index (χ0) is 27.7. The Labute approximate surface area is 229 Å². The molecule has 3 aromatic rings. The van der Waals surface area contributed by atoms with Crippen LogP contribution in [0.3, 0.4) is 0 Å². The minimum atomic E-state index is -3.93. The first-order valence-electron chi connectivity index (χ1n) is 12.3. The fourth-order valence-corrected chi connectivity index (χ4v) is 5.76. The summed E-state index contributed by atoms with van der Waals surface area (Å²) in [5.41, 5.74) is 1.62. The van der Waals surface area contributed by atoms with Gasteiger partial charge in [0, 0.05) is 43.1 Å². The maximum absolute atomic E-state index is 13.5. The summed E-state index contributed by atoms with van der Waals surface area (Å²) < 4.78 is 33.8. The second kappa shape index (κ2) is 13.7. The van der Waals surface area contributed by atoms with Crippen molar-refractivity contribution in [1.29, 1.82) is 0 Å². The molecule has 8 nitrogen and oxygen atoms in total. The van der Waals surface area contributed by atoms with Crippen LogP contribution in [0.25, 0.3) is 0 Å². The first kappa shape index (κ1) is 29.6. The van der Waals surface area contributed by atoms with Gasteiger partial charge in [-0.15, -0.1) is 0 Å². The Bertz CT molecular complexity index is 1260. The largest absolute Gasteiger partial charge is 0.444 e. The zero-order valence-electron chi connectivity index (χ0n) is 21.8. The van der Waals surface area contributed by atoms with Gasteiger partial charge in [-0.1, -0.05) is 61.8 Å². The van der Waals surface area contributed by atoms with Crippen molar-refractivity contribution in [3.63, 3.8) is 0 Å². The molecule has 1 amide bonds. The molecule has 0 aliphatic heterocycles. The van der Waals surface area contributed by atoms with Crippen molar-refractivity contribution in [3.8, 4) is 0 Å². The molecule has 2 atom stereocenters. The smallest absolute Gasteiger partial charge is 0.410 e. The van der Waals surface area contributed by atoms with Gasteiger partial charge in [-0.05, 0) is 48.2 Å². The second-order valence-corrected chi connectivity index (χ2v) is 11.9. The Morgan fingerprint density at radius 2 is 1.66 bits per heavy atom. The predicted octanol–water partition coefficient (Wildman–Crippen LogP) is 4.62. The third kappa shape index (κ3) is 8.26. The molecule has 38 heavy (non-hydrogen) atoms. The molecular weight excluding hydrogens is 526 g/mol. The van der Waals surface area contributed by atoms with E-state index < -0.39 is 28.3 Å². The normalized spacial score (nSPS) is 13.3. The van der Waals surface area contributed by atoms with E-state index in [2.05, 4.69) is 4.98 Å². The van der Waals surface area contributed by atoms with Gasteiger partial charge in [-0.2, -0.15) is 4.31 Å². The third-order valence-corrected chi connectivity index (χ3v) is 8.11. The van der Waals surface area contributed by atoms with Crippen LogP contribution in [0.15, 0.2) is 84.0 Å². The molecule has 0 saturated heterocycles. The Hall–Kier alpha value is -2.98. The van der Waals surface area contributed by atoms with Crippen molar-refractivity contribution >= 4 is 27.7 Å². The molecule has 1 heterocycles. The van der Waals surface area contributed by atoms with Gasteiger partial charge in [-0.25, -0.2) is 13.2 Å². The number of aliphatic hydroxyl groups excluding tert-OH is 1. The summed E-state index contributed by atoms with van der Waals surface area (Å²) in [5.74, 6) is -0.000902. The molecule has 1 aromatic heterocycles. The molecule has 1 N–H and O–H groups in total. The number of aliphatic hydroxyl groups is 1. The van der Waals surface area contributed by atoms with E-state index in [4.69, 9.17) is 16.3 Å². The number of benzene rings is 2. The lowest BCUT2D eigenvalue weighted by atomic mass is 10.00. The highest BCUT2D eigenvalue weighted by atomic mass is 35.5. The first-order chi connectivity index (χ1) is 18.1. The Balaban J connectivity index is 1.84. The first-order valence-corrected chi connectivity index (χ1v) is 14.2. The molecule has 10 heteroatoms. The van der Waals surface area contributed by atoms with Crippen LogP contribution in [-0.2, 0) is 27.8 Å². The molecule has 0 spiro atoms. The number of ether oxygens (including phenoxy) is 1. The minimum Gasteiger partial charge on any atom is -0.444 e. The number of amides is 1. The van der Waals surface area contributed by atoms with Crippen LogP contribution >= 0.6 is 11.6 Å². The topological polar surface area (TPSA) is 100 Å². The summed E-state index contributed by atoms with van der Waals surface area (Å²) in [5, 5.41) is 11.9. The minimum absolute atomic E-state index is 0.000902. The van der Waals surface area contributed by atoms with Crippen LogP contribution in [-0.4, -0.2) is 66.1 Å². The van der Waals surface area contributed by atoms with Crippen LogP contribution in [0.4, 0.5) is 4.79 Å². The highest BCUT2D eigenvalue weighted by Gasteiger charge is 2.34. The zero-order valence-corrected chi connectivity index (χ0v) is 23.3. The van der Waals surface area contributed by atoms with Crippen LogP contribution in [0.2, 0.25) is 5.02 Å². The molecule has 0 aliphatic carbocycles. The van der Waals surface area contributed by atoms with Crippen molar-refractivity contribution in [2.24, 2.45) is 5.92 Å². The lowest BCUT2D eigenvalue weighted by molar-refractivity contribution is 0.0332. The Morgan fingerprint density at radius 3 is 2.26 bits per heavy atom. The number of carbonyl (C=O) groups is 1. The summed E-state index contributed by atoms with van der Waals surface area (Å²) in [7, 11) is -2.39. The van der Waals surface area contributed by atoms with Gasteiger partial charge in [0.25, 0.3) is 0 Å². The van der Waals surface area contributed by atoms with E-state index >= 15 is 0 Å². The predicted molar refractivity (Wildman–Crippen MR) is 147 cm³/mol. The summed E-state index contributed by atoms with van der Waals surface area (Å²) >= 11 is 5.96. The summed E-state index contributed by atoms with van der Waals surface area (Å²) in [6.45, 7) is 3.81. The number of aromatic nitrogens is 1. The SMILES string of the molecule is CC(C)CN(C[C@@H](O)[C@H](Cc1ccccc1)N(C)C(=O)OCc1cccnc1)S(=O)(=O)c1ccc(Cl)cc1. The highest BCUT2D eigenvalue weighted by Crippen LogP contribution is 2.22. The summed E-state index contributed by atoms with van der Waals surface area (Å²) in [4.78, 5) is 18.4. The van der Waals surface area contributed by atoms with E-state index in [1.807, 2.05) is 44.2 Å². The van der Waals surface area contributed by atoms with E-state index in [9.17, 15) is 18.3 Å². The standard InChI is InChI=1S/C28H34ClN3O5S/c1-21(2)18-32(38(35,36)25-13-11-24(29)12-14-25)19-27(33)26(16-22-8-5-4-6-9-22)31(3)28(34)37-20-23-10-7-15-30-17-23/h4-15,17,21,26-27,33H,16,18-20H2,1-3H3/t26-,27+/m0/s1. The average Bonchev–Trinajstić information content (AvgIpc) is 2.90. The Morgan fingerprint density at radius 1 is 1.00 bits per heavy atom. The van der Waals surface area contributed by atoms with Gasteiger partial charge >= 0.3 is 6.09 Å². The molecule has 3 rings (SSSR count). The lowest BCUT2D eigenvalue weighted by Crippen LogP contribution is -2.51. The van der Waals surface area contributed by atoms with E-state index in [1.165, 1.54) is 33.5 Å². The molecular formula is C28H34ClN3O5S. The number of hydrogen-bond donors (Lipinski definition) is 1. The van der Waals surface area contributed by atoms with E-state index in [0.717, 1.165) is 11.1 Å². The van der Waals surface area contributed by atoms with Gasteiger partial charge in [0.05, 0.1) is 17.0 Å². The number of nitrogens with zero attached hydrogens (tertiary/aromatic N) is 3. The molecule has 204 valence electrons. The number of rotatable bonds is 12. The monoisotopic (exact) mass is 559 g/mol. The number of likely N-dealkylation sites (N-methyl/N-ethyl adjacent to an activating group) is 1. The maximum atomic E-state index is 13.5. The Kier molecular flexibility index (Phi) is 10.7. The van der Waals surface area contributed by atoms with E-state index in [1.54, 1.807) is 31.6 Å². The molecule has 0 fully saturated rings. The highest BCUT2D eigenvalue weighted by molar-refractivity contribution is 7.89. The number of carbonyl (C=O) groups excluding carboxylic acids is 1. The van der Waals surface area contributed by atoms with Crippen molar-refractivity contribution in [2.75, 3.05) is 20.1 Å². The van der Waals surface area contributed by atoms with Gasteiger partial charge in [-0.3, -0.25) is 4.98 Å². The third-order valence-electron chi connectivity index (χ3n) is 6.01. The van der Waals surface area contributed by atoms with Crippen molar-refractivity contribution < 1.29 is 23.1 Å². The number of sulfonamides is 1. The molecule has 0 aliphatic rings. The van der Waals surface area contributed by atoms with E-state index in [0.29, 0.717) is 11.4 Å². The van der Waals surface area contributed by atoms with Crippen LogP contribution < -0.4 is 0 Å². The molecule has 0 bridgehead atoms. The summed E-state index contributed by atoms with van der Waals surface area (Å²) in [6.07, 6.45) is 1.70. The van der Waals surface area contributed by atoms with Crippen LogP contribution in [0.1, 0.15) is 25.0 Å². The van der Waals surface area contributed by atoms with Gasteiger partial charge in [0.15, 0.2) is 0 Å². The maximum Gasteiger partial charge on any atom is 0.410 e. The van der Waals surface area contributed by atoms with E-state index in [-0.39, 0.29) is 30.5 Å². The molecule has 0 radical (unpaired) electrons. The quantitative estimate of drug-likeness (QED) is 0.347. The fourth-order valence-electron chi connectivity index (χ4n) is 4.02. The van der Waals surface area contributed by atoms with Crippen LogP contribution in [0.5, 0.6) is 0 Å². The molecule has 0 saturated carbocycles. The van der Waals surface area contributed by atoms with Gasteiger partial charge < -0.3 is 14.7 Å². The van der Waals surface area contributed by atoms with Crippen molar-refractivity contribution in [3.05, 3.63) is 95.3 Å². The van der Waals surface area contributed by atoms with Crippen LogP contribution in [0, 0.1) is 5.92 Å². The van der Waals surface area contributed by atoms with Crippen molar-refractivity contribution in [1.82, 2.24) is 14.2 Å².